The van der Waals surface area contributed by atoms with Crippen molar-refractivity contribution < 1.29 is 10.2 Å². The van der Waals surface area contributed by atoms with Crippen molar-refractivity contribution in [2.24, 2.45) is 0 Å². The molecule has 110 valence electrons. The molecule has 0 fully saturated rings. The summed E-state index contributed by atoms with van der Waals surface area (Å²) in [6, 6.07) is 7.94. The fourth-order valence-electron chi connectivity index (χ4n) is 2.32. The summed E-state index contributed by atoms with van der Waals surface area (Å²) >= 11 is 0. The number of hydrogen-bond donors (Lipinski definition) is 3. The molecule has 0 bridgehead atoms. The number of β-amino-alcohol motifs (C(OH)–C–C–N with tert-alkyl or cyclic N) is 1. The first-order chi connectivity index (χ1) is 9.40. The van der Waals surface area contributed by atoms with Gasteiger partial charge in [-0.2, -0.15) is 0 Å². The van der Waals surface area contributed by atoms with Crippen LogP contribution in [0.1, 0.15) is 26.3 Å². The van der Waals surface area contributed by atoms with Gasteiger partial charge in [-0.15, -0.1) is 0 Å². The van der Waals surface area contributed by atoms with Crippen LogP contribution in [0.3, 0.4) is 0 Å². The average Bonchev–Trinajstić information content (AvgIpc) is 2.74. The Bertz CT molecular complexity index is 569. The van der Waals surface area contributed by atoms with Crippen LogP contribution < -0.4 is 5.32 Å². The van der Waals surface area contributed by atoms with E-state index < -0.39 is 6.10 Å². The van der Waals surface area contributed by atoms with Crippen molar-refractivity contribution >= 4 is 10.9 Å². The predicted molar refractivity (Wildman–Crippen MR) is 81.6 cm³/mol. The van der Waals surface area contributed by atoms with Crippen molar-refractivity contribution in [2.45, 2.75) is 45.6 Å². The molecule has 0 aliphatic carbocycles. The Morgan fingerprint density at radius 3 is 2.60 bits per heavy atom. The van der Waals surface area contributed by atoms with Crippen LogP contribution in [-0.2, 0) is 13.2 Å². The maximum Gasteiger partial charge on any atom is 0.0843 e. The third kappa shape index (κ3) is 3.60. The second-order valence-corrected chi connectivity index (χ2v) is 6.27. The predicted octanol–water partition coefficient (Wildman–Crippen LogP) is 1.88. The van der Waals surface area contributed by atoms with Gasteiger partial charge in [-0.1, -0.05) is 18.2 Å². The monoisotopic (exact) mass is 276 g/mol. The lowest BCUT2D eigenvalue weighted by atomic mass is 10.1. The van der Waals surface area contributed by atoms with Gasteiger partial charge in [0.15, 0.2) is 0 Å². The Labute approximate surface area is 120 Å². The summed E-state index contributed by atoms with van der Waals surface area (Å²) < 4.78 is 2.01. The van der Waals surface area contributed by atoms with Gasteiger partial charge in [0.05, 0.1) is 12.7 Å². The topological polar surface area (TPSA) is 57.4 Å². The van der Waals surface area contributed by atoms with Gasteiger partial charge in [0.1, 0.15) is 0 Å². The first-order valence-corrected chi connectivity index (χ1v) is 7.01. The van der Waals surface area contributed by atoms with Crippen molar-refractivity contribution in [3.63, 3.8) is 0 Å². The van der Waals surface area contributed by atoms with Crippen molar-refractivity contribution in [1.82, 2.24) is 9.88 Å². The van der Waals surface area contributed by atoms with Gasteiger partial charge in [0.25, 0.3) is 0 Å². The standard InChI is InChI=1S/C16H24N2O2/c1-16(2,3)17-8-13(20)10-18-9-12(11-19)14-6-4-5-7-15(14)18/h4-7,9,13,17,19-20H,8,10-11H2,1-3H3/t13-/m1/s1. The molecule has 1 heterocycles. The molecule has 2 aromatic rings. The molecule has 0 radical (unpaired) electrons. The maximum atomic E-state index is 10.2. The zero-order chi connectivity index (χ0) is 14.8. The molecule has 1 atom stereocenters. The van der Waals surface area contributed by atoms with Crippen molar-refractivity contribution in [2.75, 3.05) is 6.54 Å². The molecule has 2 rings (SSSR count). The molecule has 1 aromatic heterocycles. The Kier molecular flexibility index (Phi) is 4.48. The number of nitrogens with one attached hydrogen (secondary N) is 1. The third-order valence-corrected chi connectivity index (χ3v) is 3.32. The van der Waals surface area contributed by atoms with E-state index in [1.54, 1.807) is 0 Å². The molecule has 4 heteroatoms. The number of hydrogen-bond acceptors (Lipinski definition) is 3. The number of para-hydroxylation sites is 1. The Morgan fingerprint density at radius 1 is 1.25 bits per heavy atom. The molecule has 0 spiro atoms. The molecule has 0 saturated heterocycles. The molecular formula is C16H24N2O2. The zero-order valence-electron chi connectivity index (χ0n) is 12.4. The van der Waals surface area contributed by atoms with Gasteiger partial charge >= 0.3 is 0 Å². The summed E-state index contributed by atoms with van der Waals surface area (Å²) in [4.78, 5) is 0. The minimum atomic E-state index is -0.462. The van der Waals surface area contributed by atoms with Crippen LogP contribution in [0, 0.1) is 0 Å². The van der Waals surface area contributed by atoms with Crippen LogP contribution in [-0.4, -0.2) is 33.0 Å². The molecule has 0 unspecified atom stereocenters. The van der Waals surface area contributed by atoms with Crippen LogP contribution in [0.5, 0.6) is 0 Å². The molecule has 0 aliphatic rings. The molecule has 0 aliphatic heterocycles. The van der Waals surface area contributed by atoms with Gasteiger partial charge in [-0.05, 0) is 26.8 Å². The van der Waals surface area contributed by atoms with Crippen LogP contribution in [0.15, 0.2) is 30.5 Å². The van der Waals surface area contributed by atoms with Crippen LogP contribution >= 0.6 is 0 Å². The van der Waals surface area contributed by atoms with Crippen molar-refractivity contribution in [3.05, 3.63) is 36.0 Å². The van der Waals surface area contributed by atoms with Crippen LogP contribution in [0.4, 0.5) is 0 Å². The number of rotatable bonds is 5. The number of aliphatic hydroxyl groups excluding tert-OH is 2. The fraction of sp³-hybridized carbons (Fsp3) is 0.500. The molecular weight excluding hydrogens is 252 g/mol. The largest absolute Gasteiger partial charge is 0.392 e. The highest BCUT2D eigenvalue weighted by molar-refractivity contribution is 5.83. The second-order valence-electron chi connectivity index (χ2n) is 6.27. The number of aromatic nitrogens is 1. The normalized spacial score (nSPS) is 13.8. The molecule has 0 saturated carbocycles. The summed E-state index contributed by atoms with van der Waals surface area (Å²) in [5.74, 6) is 0. The maximum absolute atomic E-state index is 10.2. The molecule has 4 nitrogen and oxygen atoms in total. The van der Waals surface area contributed by atoms with E-state index in [0.29, 0.717) is 13.1 Å². The number of fused-ring (bicyclic) bond motifs is 1. The molecule has 3 N–H and O–H groups in total. The first kappa shape index (κ1) is 15.0. The number of benzene rings is 1. The Balaban J connectivity index is 2.13. The molecule has 20 heavy (non-hydrogen) atoms. The lowest BCUT2D eigenvalue weighted by molar-refractivity contribution is 0.143. The van der Waals surface area contributed by atoms with Gasteiger partial charge in [0.2, 0.25) is 0 Å². The fourth-order valence-corrected chi connectivity index (χ4v) is 2.32. The van der Waals surface area contributed by atoms with E-state index >= 15 is 0 Å². The quantitative estimate of drug-likeness (QED) is 0.781. The van der Waals surface area contributed by atoms with E-state index in [2.05, 4.69) is 26.1 Å². The van der Waals surface area contributed by atoms with Gasteiger partial charge in [-0.25, -0.2) is 0 Å². The summed E-state index contributed by atoms with van der Waals surface area (Å²) in [6.07, 6.45) is 1.46. The van der Waals surface area contributed by atoms with E-state index in [1.165, 1.54) is 0 Å². The summed E-state index contributed by atoms with van der Waals surface area (Å²) in [5, 5.41) is 23.9. The first-order valence-electron chi connectivity index (χ1n) is 7.01. The van der Waals surface area contributed by atoms with E-state index in [-0.39, 0.29) is 12.1 Å². The lowest BCUT2D eigenvalue weighted by Gasteiger charge is -2.23. The minimum absolute atomic E-state index is 0.00397. The minimum Gasteiger partial charge on any atom is -0.392 e. The number of aliphatic hydroxyl groups is 2. The van der Waals surface area contributed by atoms with Crippen LogP contribution in [0.2, 0.25) is 0 Å². The molecule has 1 aromatic carbocycles. The summed E-state index contributed by atoms with van der Waals surface area (Å²) in [6.45, 7) is 7.32. The second kappa shape index (κ2) is 5.95. The summed E-state index contributed by atoms with van der Waals surface area (Å²) in [7, 11) is 0. The highest BCUT2D eigenvalue weighted by Crippen LogP contribution is 2.21. The highest BCUT2D eigenvalue weighted by Gasteiger charge is 2.14. The van der Waals surface area contributed by atoms with Gasteiger partial charge in [0, 0.05) is 41.3 Å². The Hall–Kier alpha value is -1.36. The lowest BCUT2D eigenvalue weighted by Crippen LogP contribution is -2.41. The van der Waals surface area contributed by atoms with E-state index in [4.69, 9.17) is 0 Å². The van der Waals surface area contributed by atoms with Gasteiger partial charge < -0.3 is 20.1 Å². The zero-order valence-corrected chi connectivity index (χ0v) is 12.4. The average molecular weight is 276 g/mol. The van der Waals surface area contributed by atoms with E-state index in [9.17, 15) is 10.2 Å². The third-order valence-electron chi connectivity index (χ3n) is 3.32. The highest BCUT2D eigenvalue weighted by atomic mass is 16.3. The molecule has 0 amide bonds. The summed E-state index contributed by atoms with van der Waals surface area (Å²) in [5.41, 5.74) is 1.94. The van der Waals surface area contributed by atoms with Crippen molar-refractivity contribution in [3.8, 4) is 0 Å². The van der Waals surface area contributed by atoms with Gasteiger partial charge in [-0.3, -0.25) is 0 Å². The van der Waals surface area contributed by atoms with Crippen LogP contribution in [0.25, 0.3) is 10.9 Å². The van der Waals surface area contributed by atoms with E-state index in [0.717, 1.165) is 16.5 Å². The SMILES string of the molecule is CC(C)(C)NC[C@@H](O)Cn1cc(CO)c2ccccc21. The number of nitrogens with zero attached hydrogens (tertiary/aromatic N) is 1. The van der Waals surface area contributed by atoms with Crippen molar-refractivity contribution in [1.29, 1.82) is 0 Å². The Morgan fingerprint density at radius 2 is 1.95 bits per heavy atom. The van der Waals surface area contributed by atoms with E-state index in [1.807, 2.05) is 35.0 Å². The smallest absolute Gasteiger partial charge is 0.0843 e.